The van der Waals surface area contributed by atoms with Crippen LogP contribution in [0.3, 0.4) is 0 Å². The van der Waals surface area contributed by atoms with Crippen molar-refractivity contribution < 1.29 is 7.56 Å². The van der Waals surface area contributed by atoms with Crippen LogP contribution in [0.5, 0.6) is 0 Å². The van der Waals surface area contributed by atoms with Crippen molar-refractivity contribution in [2.75, 3.05) is 13.2 Å². The zero-order chi connectivity index (χ0) is 10.8. The second kappa shape index (κ2) is 11.0. The van der Waals surface area contributed by atoms with Crippen molar-refractivity contribution in [1.82, 2.24) is 0 Å². The maximum absolute atomic E-state index is 5.81. The summed E-state index contributed by atoms with van der Waals surface area (Å²) in [6.07, 6.45) is 1.24. The van der Waals surface area contributed by atoms with Crippen molar-refractivity contribution in [3.05, 3.63) is 0 Å². The molecule has 0 fully saturated rings. The molecule has 0 amide bonds. The van der Waals surface area contributed by atoms with Gasteiger partial charge in [-0.3, -0.25) is 0 Å². The van der Waals surface area contributed by atoms with E-state index in [1.807, 2.05) is 13.8 Å². The Morgan fingerprint density at radius 2 is 1.93 bits per heavy atom. The Labute approximate surface area is 107 Å². The Morgan fingerprint density at radius 1 is 1.21 bits per heavy atom. The van der Waals surface area contributed by atoms with E-state index in [2.05, 4.69) is 13.8 Å². The topological polar surface area (TPSA) is 27.7 Å². The molecule has 1 unspecified atom stereocenters. The zero-order valence-electron chi connectivity index (χ0n) is 9.71. The third kappa shape index (κ3) is 10.0. The normalized spacial score (nSPS) is 13.5. The molecular formula is C9H22O3Sn2. The van der Waals surface area contributed by atoms with Crippen LogP contribution in [0.15, 0.2) is 0 Å². The Morgan fingerprint density at radius 3 is 2.43 bits per heavy atom. The molecule has 0 saturated heterocycles. The van der Waals surface area contributed by atoms with Crippen LogP contribution in [0, 0.1) is 5.92 Å². The third-order valence-electron chi connectivity index (χ3n) is 1.72. The molecule has 3 nitrogen and oxygen atoms in total. The standard InChI is InChI=1S/C5H11.2C2H5O.O.2Sn.H/c1-4-5(2)3;2*1-2-3;;;;/h5H,1,4H2,2-3H3;2*2H2,1H3;;;;/q;2*-1;;2*+1;. The van der Waals surface area contributed by atoms with E-state index in [0.717, 1.165) is 19.1 Å². The van der Waals surface area contributed by atoms with Crippen LogP contribution in [0.4, 0.5) is 0 Å². The minimum absolute atomic E-state index is 0.760. The first-order valence-electron chi connectivity index (χ1n) is 5.34. The Balaban J connectivity index is 3.54. The molecule has 14 heavy (non-hydrogen) atoms. The molecule has 0 aliphatic rings. The molecule has 0 N–H and O–H groups in total. The fourth-order valence-corrected chi connectivity index (χ4v) is 13.5. The van der Waals surface area contributed by atoms with E-state index in [-0.39, 0.29) is 0 Å². The fraction of sp³-hybridized carbons (Fsp3) is 1.00. The molecule has 84 valence electrons. The fourth-order valence-electron chi connectivity index (χ4n) is 0.978. The molecule has 0 aromatic heterocycles. The summed E-state index contributed by atoms with van der Waals surface area (Å²) in [6.45, 7) is 10.2. The number of hydrogen-bond acceptors (Lipinski definition) is 3. The van der Waals surface area contributed by atoms with Crippen LogP contribution in [0.25, 0.3) is 0 Å². The second-order valence-corrected chi connectivity index (χ2v) is 15.0. The molecule has 0 saturated carbocycles. The van der Waals surface area contributed by atoms with Gasteiger partial charge in [0.2, 0.25) is 0 Å². The van der Waals surface area contributed by atoms with Gasteiger partial charge in [-0.05, 0) is 0 Å². The van der Waals surface area contributed by atoms with E-state index in [4.69, 9.17) is 7.56 Å². The van der Waals surface area contributed by atoms with Gasteiger partial charge in [0.05, 0.1) is 0 Å². The summed E-state index contributed by atoms with van der Waals surface area (Å²) >= 11 is -3.05. The van der Waals surface area contributed by atoms with Crippen molar-refractivity contribution >= 4 is 42.6 Å². The van der Waals surface area contributed by atoms with Crippen molar-refractivity contribution in [3.63, 3.8) is 0 Å². The van der Waals surface area contributed by atoms with E-state index in [1.54, 1.807) is 0 Å². The van der Waals surface area contributed by atoms with Gasteiger partial charge in [0, 0.05) is 0 Å². The molecule has 0 heterocycles. The summed E-state index contributed by atoms with van der Waals surface area (Å²) in [6, 6.07) is 0. The molecule has 0 aromatic rings. The average molecular weight is 416 g/mol. The summed E-state index contributed by atoms with van der Waals surface area (Å²) < 4.78 is 18.0. The van der Waals surface area contributed by atoms with E-state index < -0.39 is 42.6 Å². The first-order valence-corrected chi connectivity index (χ1v) is 12.7. The summed E-state index contributed by atoms with van der Waals surface area (Å²) in [5.74, 6) is 0.760. The summed E-state index contributed by atoms with van der Waals surface area (Å²) in [5.41, 5.74) is 0. The first kappa shape index (κ1) is 15.5. The van der Waals surface area contributed by atoms with Crippen molar-refractivity contribution in [1.29, 1.82) is 0 Å². The van der Waals surface area contributed by atoms with Crippen molar-refractivity contribution in [3.8, 4) is 0 Å². The average Bonchev–Trinajstić information content (AvgIpc) is 2.14. The zero-order valence-corrected chi connectivity index (χ0v) is 15.9. The molecular weight excluding hydrogens is 394 g/mol. The third-order valence-corrected chi connectivity index (χ3v) is 15.1. The van der Waals surface area contributed by atoms with Crippen LogP contribution in [0.2, 0.25) is 4.44 Å². The van der Waals surface area contributed by atoms with E-state index in [9.17, 15) is 0 Å². The van der Waals surface area contributed by atoms with Crippen LogP contribution in [-0.2, 0) is 7.56 Å². The molecule has 0 aliphatic heterocycles. The van der Waals surface area contributed by atoms with Gasteiger partial charge in [0.1, 0.15) is 0 Å². The van der Waals surface area contributed by atoms with Gasteiger partial charge in [-0.15, -0.1) is 0 Å². The van der Waals surface area contributed by atoms with Gasteiger partial charge in [0.15, 0.2) is 0 Å². The molecule has 0 aromatic carbocycles. The predicted molar refractivity (Wildman–Crippen MR) is 61.5 cm³/mol. The Hall–Kier alpha value is 1.48. The maximum atomic E-state index is 5.81. The SMILES string of the molecule is CC[O][Sn][O][SnH]([CH2]CC(C)C)[O]CC. The second-order valence-electron chi connectivity index (χ2n) is 3.49. The van der Waals surface area contributed by atoms with Gasteiger partial charge in [-0.2, -0.15) is 0 Å². The summed E-state index contributed by atoms with van der Waals surface area (Å²) in [7, 11) is 0. The van der Waals surface area contributed by atoms with Crippen LogP contribution in [0.1, 0.15) is 34.1 Å². The minimum atomic E-state index is -2.06. The number of hydrogen-bond donors (Lipinski definition) is 0. The summed E-state index contributed by atoms with van der Waals surface area (Å²) in [4.78, 5) is 0. The van der Waals surface area contributed by atoms with Crippen LogP contribution < -0.4 is 0 Å². The van der Waals surface area contributed by atoms with Crippen LogP contribution >= 0.6 is 0 Å². The molecule has 5 heteroatoms. The Bertz CT molecular complexity index is 123. The van der Waals surface area contributed by atoms with Gasteiger partial charge in [0.25, 0.3) is 0 Å². The molecule has 0 spiro atoms. The van der Waals surface area contributed by atoms with Gasteiger partial charge in [-0.1, -0.05) is 0 Å². The van der Waals surface area contributed by atoms with Crippen molar-refractivity contribution in [2.24, 2.45) is 5.92 Å². The predicted octanol–water partition coefficient (Wildman–Crippen LogP) is 1.88. The molecule has 0 rings (SSSR count). The van der Waals surface area contributed by atoms with E-state index in [1.165, 1.54) is 10.9 Å². The Kier molecular flexibility index (Phi) is 12.1. The molecule has 0 bridgehead atoms. The first-order chi connectivity index (χ1) is 6.70. The summed E-state index contributed by atoms with van der Waals surface area (Å²) in [5, 5.41) is 0. The van der Waals surface area contributed by atoms with Crippen molar-refractivity contribution in [2.45, 2.75) is 38.6 Å². The van der Waals surface area contributed by atoms with Gasteiger partial charge >= 0.3 is 108 Å². The van der Waals surface area contributed by atoms with E-state index >= 15 is 0 Å². The van der Waals surface area contributed by atoms with E-state index in [0.29, 0.717) is 0 Å². The molecule has 1 atom stereocenters. The monoisotopic (exact) mass is 418 g/mol. The molecule has 0 aliphatic carbocycles. The number of rotatable bonds is 9. The van der Waals surface area contributed by atoms with Gasteiger partial charge < -0.3 is 0 Å². The van der Waals surface area contributed by atoms with Gasteiger partial charge in [-0.25, -0.2) is 0 Å². The van der Waals surface area contributed by atoms with Crippen LogP contribution in [-0.4, -0.2) is 55.8 Å². The molecule has 2 radical (unpaired) electrons. The quantitative estimate of drug-likeness (QED) is 0.425.